The highest BCUT2D eigenvalue weighted by atomic mass is 16.5. The third-order valence-electron chi connectivity index (χ3n) is 2.82. The van der Waals surface area contributed by atoms with E-state index in [-0.39, 0.29) is 12.6 Å². The molecule has 104 valence electrons. The van der Waals surface area contributed by atoms with Gasteiger partial charge in [0, 0.05) is 6.04 Å². The molecule has 1 unspecified atom stereocenters. The lowest BCUT2D eigenvalue weighted by molar-refractivity contribution is 0.303. The van der Waals surface area contributed by atoms with E-state index in [1.54, 1.807) is 14.2 Å². The molecule has 0 saturated heterocycles. The van der Waals surface area contributed by atoms with Gasteiger partial charge >= 0.3 is 0 Å². The van der Waals surface area contributed by atoms with Crippen LogP contribution in [-0.4, -0.2) is 26.9 Å². The molecular weight excluding hydrogens is 244 g/mol. The van der Waals surface area contributed by atoms with Gasteiger partial charge in [0.1, 0.15) is 6.07 Å². The molecule has 0 fully saturated rings. The summed E-state index contributed by atoms with van der Waals surface area (Å²) < 4.78 is 15.9. The molecule has 0 saturated carbocycles. The van der Waals surface area contributed by atoms with Crippen LogP contribution in [0.4, 0.5) is 0 Å². The summed E-state index contributed by atoms with van der Waals surface area (Å²) in [6.07, 6.45) is 1.64. The molecule has 19 heavy (non-hydrogen) atoms. The van der Waals surface area contributed by atoms with Gasteiger partial charge in [-0.05, 0) is 30.5 Å². The molecule has 1 aromatic rings. The van der Waals surface area contributed by atoms with Crippen molar-refractivity contribution in [1.82, 2.24) is 0 Å². The Morgan fingerprint density at radius 1 is 1.26 bits per heavy atom. The molecular formula is C14H20N2O3. The highest BCUT2D eigenvalue weighted by molar-refractivity contribution is 5.54. The first-order valence-electron chi connectivity index (χ1n) is 6.16. The second-order valence-electron chi connectivity index (χ2n) is 4.15. The van der Waals surface area contributed by atoms with Crippen LogP contribution in [0.2, 0.25) is 0 Å². The van der Waals surface area contributed by atoms with Crippen LogP contribution in [-0.2, 0) is 6.42 Å². The van der Waals surface area contributed by atoms with E-state index in [2.05, 4.69) is 0 Å². The van der Waals surface area contributed by atoms with Crippen LogP contribution in [0.25, 0.3) is 0 Å². The van der Waals surface area contributed by atoms with E-state index in [4.69, 9.17) is 25.2 Å². The van der Waals surface area contributed by atoms with Gasteiger partial charge in [0.05, 0.1) is 14.2 Å². The highest BCUT2D eigenvalue weighted by Crippen LogP contribution is 2.38. The van der Waals surface area contributed by atoms with Crippen molar-refractivity contribution in [2.45, 2.75) is 25.8 Å². The van der Waals surface area contributed by atoms with Gasteiger partial charge < -0.3 is 19.9 Å². The number of ether oxygens (including phenoxy) is 3. The standard InChI is InChI=1S/C14H20N2O3/c1-4-11(16)7-10-8-12(17-2)14(19-6-5-15)13(9-10)18-3/h8-9,11H,4,6-7,16H2,1-3H3. The SMILES string of the molecule is CCC(N)Cc1cc(OC)c(OCC#N)c(OC)c1. The molecule has 0 aliphatic heterocycles. The fourth-order valence-corrected chi connectivity index (χ4v) is 1.75. The first-order chi connectivity index (χ1) is 9.15. The van der Waals surface area contributed by atoms with Gasteiger partial charge in [0.2, 0.25) is 5.75 Å². The first kappa shape index (κ1) is 15.1. The maximum absolute atomic E-state index is 8.59. The molecule has 0 aliphatic rings. The summed E-state index contributed by atoms with van der Waals surface area (Å²) in [5, 5.41) is 8.59. The van der Waals surface area contributed by atoms with Crippen LogP contribution in [0.5, 0.6) is 17.2 Å². The van der Waals surface area contributed by atoms with Crippen molar-refractivity contribution in [3.05, 3.63) is 17.7 Å². The molecule has 2 N–H and O–H groups in total. The summed E-state index contributed by atoms with van der Waals surface area (Å²) in [6, 6.07) is 5.75. The van der Waals surface area contributed by atoms with E-state index in [9.17, 15) is 0 Å². The number of rotatable bonds is 7. The molecule has 0 bridgehead atoms. The summed E-state index contributed by atoms with van der Waals surface area (Å²) in [7, 11) is 3.11. The second-order valence-corrected chi connectivity index (χ2v) is 4.15. The number of nitriles is 1. The monoisotopic (exact) mass is 264 g/mol. The largest absolute Gasteiger partial charge is 0.493 e. The maximum atomic E-state index is 8.59. The van der Waals surface area contributed by atoms with Gasteiger partial charge in [0.15, 0.2) is 18.1 Å². The Labute approximate surface area is 113 Å². The Morgan fingerprint density at radius 3 is 2.26 bits per heavy atom. The van der Waals surface area contributed by atoms with Crippen molar-refractivity contribution in [1.29, 1.82) is 5.26 Å². The Balaban J connectivity index is 3.09. The molecule has 5 nitrogen and oxygen atoms in total. The van der Waals surface area contributed by atoms with E-state index >= 15 is 0 Å². The number of methoxy groups -OCH3 is 2. The molecule has 0 spiro atoms. The lowest BCUT2D eigenvalue weighted by Crippen LogP contribution is -2.21. The van der Waals surface area contributed by atoms with Crippen LogP contribution in [0, 0.1) is 11.3 Å². The predicted molar refractivity (Wildman–Crippen MR) is 72.6 cm³/mol. The fraction of sp³-hybridized carbons (Fsp3) is 0.500. The zero-order chi connectivity index (χ0) is 14.3. The van der Waals surface area contributed by atoms with Crippen molar-refractivity contribution >= 4 is 0 Å². The Hall–Kier alpha value is -1.93. The topological polar surface area (TPSA) is 77.5 Å². The minimum absolute atomic E-state index is 0.0550. The molecule has 0 aromatic heterocycles. The number of hydrogen-bond donors (Lipinski definition) is 1. The number of nitrogens with two attached hydrogens (primary N) is 1. The minimum Gasteiger partial charge on any atom is -0.493 e. The Morgan fingerprint density at radius 2 is 1.84 bits per heavy atom. The molecule has 0 amide bonds. The average Bonchev–Trinajstić information content (AvgIpc) is 2.44. The van der Waals surface area contributed by atoms with Crippen LogP contribution < -0.4 is 19.9 Å². The third kappa shape index (κ3) is 4.04. The first-order valence-corrected chi connectivity index (χ1v) is 6.16. The Kier molecular flexibility index (Phi) is 5.97. The van der Waals surface area contributed by atoms with E-state index in [1.807, 2.05) is 25.1 Å². The highest BCUT2D eigenvalue weighted by Gasteiger charge is 2.15. The normalized spacial score (nSPS) is 11.5. The van der Waals surface area contributed by atoms with Crippen LogP contribution >= 0.6 is 0 Å². The molecule has 0 aliphatic carbocycles. The van der Waals surface area contributed by atoms with E-state index in [1.165, 1.54) is 0 Å². The van der Waals surface area contributed by atoms with E-state index < -0.39 is 0 Å². The maximum Gasteiger partial charge on any atom is 0.204 e. The van der Waals surface area contributed by atoms with Crippen LogP contribution in [0.1, 0.15) is 18.9 Å². The predicted octanol–water partition coefficient (Wildman–Crippen LogP) is 1.89. The lowest BCUT2D eigenvalue weighted by Gasteiger charge is -2.16. The van der Waals surface area contributed by atoms with Gasteiger partial charge in [-0.1, -0.05) is 6.92 Å². The van der Waals surface area contributed by atoms with Crippen molar-refractivity contribution in [3.63, 3.8) is 0 Å². The molecule has 1 rings (SSSR count). The second kappa shape index (κ2) is 7.49. The van der Waals surface area contributed by atoms with Crippen molar-refractivity contribution in [2.75, 3.05) is 20.8 Å². The summed E-state index contributed by atoms with van der Waals surface area (Å²) in [5.41, 5.74) is 6.97. The van der Waals surface area contributed by atoms with Gasteiger partial charge in [-0.15, -0.1) is 0 Å². The van der Waals surface area contributed by atoms with Gasteiger partial charge in [0.25, 0.3) is 0 Å². The number of hydrogen-bond acceptors (Lipinski definition) is 5. The van der Waals surface area contributed by atoms with Crippen LogP contribution in [0.15, 0.2) is 12.1 Å². The average molecular weight is 264 g/mol. The zero-order valence-electron chi connectivity index (χ0n) is 11.6. The van der Waals surface area contributed by atoms with Crippen molar-refractivity contribution in [3.8, 4) is 23.3 Å². The number of nitrogens with zero attached hydrogens (tertiary/aromatic N) is 1. The smallest absolute Gasteiger partial charge is 0.204 e. The van der Waals surface area contributed by atoms with Crippen LogP contribution in [0.3, 0.4) is 0 Å². The molecule has 5 heteroatoms. The summed E-state index contributed by atoms with van der Waals surface area (Å²) in [6.45, 7) is 1.99. The molecule has 1 aromatic carbocycles. The molecule has 0 heterocycles. The van der Waals surface area contributed by atoms with Crippen molar-refractivity contribution < 1.29 is 14.2 Å². The minimum atomic E-state index is -0.0550. The molecule has 0 radical (unpaired) electrons. The number of benzene rings is 1. The summed E-state index contributed by atoms with van der Waals surface area (Å²) in [5.74, 6) is 1.54. The van der Waals surface area contributed by atoms with E-state index in [0.717, 1.165) is 18.4 Å². The summed E-state index contributed by atoms with van der Waals surface area (Å²) >= 11 is 0. The van der Waals surface area contributed by atoms with Crippen molar-refractivity contribution in [2.24, 2.45) is 5.73 Å². The zero-order valence-corrected chi connectivity index (χ0v) is 11.6. The van der Waals surface area contributed by atoms with E-state index in [0.29, 0.717) is 17.2 Å². The third-order valence-corrected chi connectivity index (χ3v) is 2.82. The molecule has 1 atom stereocenters. The lowest BCUT2D eigenvalue weighted by atomic mass is 10.0. The quantitative estimate of drug-likeness (QED) is 0.813. The van der Waals surface area contributed by atoms with Gasteiger partial charge in [-0.2, -0.15) is 5.26 Å². The van der Waals surface area contributed by atoms with Gasteiger partial charge in [-0.25, -0.2) is 0 Å². The summed E-state index contributed by atoms with van der Waals surface area (Å²) in [4.78, 5) is 0. The fourth-order valence-electron chi connectivity index (χ4n) is 1.75. The Bertz CT molecular complexity index is 429. The van der Waals surface area contributed by atoms with Gasteiger partial charge in [-0.3, -0.25) is 0 Å².